The van der Waals surface area contributed by atoms with Crippen LogP contribution in [0.1, 0.15) is 53.7 Å². The van der Waals surface area contributed by atoms with Crippen molar-refractivity contribution in [1.82, 2.24) is 19.7 Å². The van der Waals surface area contributed by atoms with Gasteiger partial charge in [-0.15, -0.1) is 0 Å². The number of aliphatic imine (C=N–C) groups is 1. The molecule has 3 aromatic rings. The van der Waals surface area contributed by atoms with E-state index >= 15 is 0 Å². The number of aromatic nitrogens is 3. The van der Waals surface area contributed by atoms with Gasteiger partial charge in [0.15, 0.2) is 0 Å². The summed E-state index contributed by atoms with van der Waals surface area (Å²) in [5.74, 6) is 2.13. The highest BCUT2D eigenvalue weighted by molar-refractivity contribution is 6.19. The van der Waals surface area contributed by atoms with Crippen molar-refractivity contribution in [1.29, 1.82) is 0 Å². The van der Waals surface area contributed by atoms with Gasteiger partial charge < -0.3 is 19.9 Å². The van der Waals surface area contributed by atoms with E-state index in [-0.39, 0.29) is 5.91 Å². The number of hydrogen-bond acceptors (Lipinski definition) is 7. The number of nitrogens with one attached hydrogen (secondary N) is 1. The van der Waals surface area contributed by atoms with Crippen molar-refractivity contribution >= 4 is 29.3 Å². The molecule has 2 aromatic heterocycles. The predicted octanol–water partition coefficient (Wildman–Crippen LogP) is 5.38. The smallest absolute Gasteiger partial charge is 0.280 e. The van der Waals surface area contributed by atoms with Crippen LogP contribution in [0.3, 0.4) is 0 Å². The fraction of sp³-hybridized carbons (Fsp3) is 0.438. The van der Waals surface area contributed by atoms with E-state index in [1.807, 2.05) is 14.0 Å². The molecule has 2 bridgehead atoms. The van der Waals surface area contributed by atoms with Crippen LogP contribution < -0.4 is 15.0 Å². The van der Waals surface area contributed by atoms with Gasteiger partial charge >= 0.3 is 0 Å². The van der Waals surface area contributed by atoms with Crippen molar-refractivity contribution in [2.45, 2.75) is 39.0 Å². The van der Waals surface area contributed by atoms with Gasteiger partial charge in [-0.1, -0.05) is 18.2 Å². The van der Waals surface area contributed by atoms with Gasteiger partial charge in [0.25, 0.3) is 5.91 Å². The normalized spacial score (nSPS) is 20.4. The van der Waals surface area contributed by atoms with Crippen molar-refractivity contribution in [3.05, 3.63) is 59.4 Å². The fourth-order valence-electron chi connectivity index (χ4n) is 5.77. The van der Waals surface area contributed by atoms with Crippen LogP contribution in [0.25, 0.3) is 17.3 Å². The van der Waals surface area contributed by atoms with E-state index in [2.05, 4.69) is 69.7 Å². The van der Waals surface area contributed by atoms with Gasteiger partial charge in [0.1, 0.15) is 0 Å². The van der Waals surface area contributed by atoms with Gasteiger partial charge in [-0.3, -0.25) is 9.78 Å². The lowest BCUT2D eigenvalue weighted by Gasteiger charge is -2.25. The van der Waals surface area contributed by atoms with Crippen LogP contribution in [0.2, 0.25) is 0 Å². The number of guanidine groups is 1. The van der Waals surface area contributed by atoms with Gasteiger partial charge in [0.2, 0.25) is 11.8 Å². The molecule has 2 aliphatic heterocycles. The Balaban J connectivity index is 1.37. The number of hydrogen-bond donors (Lipinski definition) is 1. The summed E-state index contributed by atoms with van der Waals surface area (Å²) < 4.78 is 8.01. The first-order chi connectivity index (χ1) is 19.9. The van der Waals surface area contributed by atoms with Crippen molar-refractivity contribution in [3.63, 3.8) is 0 Å². The van der Waals surface area contributed by atoms with E-state index in [0.29, 0.717) is 41.5 Å². The zero-order valence-electron chi connectivity index (χ0n) is 24.4. The molecule has 214 valence electrons. The largest absolute Gasteiger partial charge is 0.477 e. The lowest BCUT2D eigenvalue weighted by atomic mass is 9.97. The summed E-state index contributed by atoms with van der Waals surface area (Å²) in [5, 5.41) is 7.88. The summed E-state index contributed by atoms with van der Waals surface area (Å²) in [6.07, 6.45) is 11.6. The monoisotopic (exact) mass is 553 g/mol. The maximum atomic E-state index is 13.7. The second kappa shape index (κ2) is 11.5. The molecule has 6 rings (SSSR count). The number of ether oxygens (including phenoxy) is 1. The Labute approximate surface area is 241 Å². The molecular weight excluding hydrogens is 514 g/mol. The highest BCUT2D eigenvalue weighted by Gasteiger charge is 2.36. The highest BCUT2D eigenvalue weighted by Crippen LogP contribution is 2.42. The number of carbonyl (C=O) groups is 1. The molecule has 9 heteroatoms. The summed E-state index contributed by atoms with van der Waals surface area (Å²) in [4.78, 5) is 27.4. The van der Waals surface area contributed by atoms with E-state index in [0.717, 1.165) is 60.5 Å². The molecule has 0 radical (unpaired) electrons. The SMILES string of the molecule is Cc1cc2cc(n1)-c1cnn(C)c1OCCC[C@@H](C1CC1)CN1/C(=N/C2=O)Nc2ccc(/C=C\CCN(C)C)cc21. The molecular formula is C32H39N7O2. The Hall–Kier alpha value is -3.98. The molecule has 0 spiro atoms. The first kappa shape index (κ1) is 27.2. The predicted molar refractivity (Wildman–Crippen MR) is 164 cm³/mol. The number of amides is 1. The Morgan fingerprint density at radius 1 is 1.15 bits per heavy atom. The summed E-state index contributed by atoms with van der Waals surface area (Å²) in [5.41, 5.74) is 5.87. The van der Waals surface area contributed by atoms with Crippen molar-refractivity contribution in [2.24, 2.45) is 23.9 Å². The minimum absolute atomic E-state index is 0.301. The molecule has 1 atom stereocenters. The van der Waals surface area contributed by atoms with Gasteiger partial charge in [0.05, 0.1) is 35.4 Å². The number of nitrogens with zero attached hydrogens (tertiary/aromatic N) is 6. The number of aryl methyl sites for hydroxylation is 2. The van der Waals surface area contributed by atoms with Gasteiger partial charge in [-0.05, 0) is 94.8 Å². The maximum Gasteiger partial charge on any atom is 0.280 e. The molecule has 1 aliphatic carbocycles. The molecule has 0 unspecified atom stereocenters. The highest BCUT2D eigenvalue weighted by atomic mass is 16.5. The van der Waals surface area contributed by atoms with E-state index in [1.165, 1.54) is 12.8 Å². The Bertz CT molecular complexity index is 1500. The Morgan fingerprint density at radius 2 is 2.00 bits per heavy atom. The quantitative estimate of drug-likeness (QED) is 0.454. The Morgan fingerprint density at radius 3 is 2.80 bits per heavy atom. The summed E-state index contributed by atoms with van der Waals surface area (Å²) >= 11 is 0. The number of rotatable bonds is 5. The summed E-state index contributed by atoms with van der Waals surface area (Å²) in [6.45, 7) is 4.31. The molecule has 1 aromatic carbocycles. The minimum Gasteiger partial charge on any atom is -0.477 e. The van der Waals surface area contributed by atoms with Crippen LogP contribution in [0.4, 0.5) is 11.4 Å². The molecule has 0 saturated heterocycles. The van der Waals surface area contributed by atoms with Crippen LogP contribution in [0.5, 0.6) is 5.88 Å². The number of fused-ring (bicyclic) bond motifs is 7. The van der Waals surface area contributed by atoms with Crippen molar-refractivity contribution < 1.29 is 9.53 Å². The molecule has 41 heavy (non-hydrogen) atoms. The molecule has 1 fully saturated rings. The second-order valence-corrected chi connectivity index (χ2v) is 11.7. The van der Waals surface area contributed by atoms with Crippen LogP contribution in [-0.2, 0) is 7.05 Å². The average molecular weight is 554 g/mol. The molecule has 9 nitrogen and oxygen atoms in total. The fourth-order valence-corrected chi connectivity index (χ4v) is 5.77. The van der Waals surface area contributed by atoms with E-state index < -0.39 is 0 Å². The summed E-state index contributed by atoms with van der Waals surface area (Å²) in [6, 6.07) is 10.0. The van der Waals surface area contributed by atoms with Crippen LogP contribution in [0.15, 0.2) is 47.6 Å². The van der Waals surface area contributed by atoms with E-state index in [9.17, 15) is 4.79 Å². The standard InChI is InChI=1S/C32H39N7O2/c1-21-16-25-18-28(34-21)26-19-33-38(4)31(26)41-15-7-9-24(23-11-12-23)20-39-29-17-22(8-5-6-14-37(2)3)10-13-27(29)35-32(39)36-30(25)40/h5,8,10,13,16-19,23-24H,6-7,9,11-12,14-15,20H2,1-4H3,(H,35,36,40)/b8-5-/t24-/m1/s1. The topological polar surface area (TPSA) is 87.9 Å². The van der Waals surface area contributed by atoms with Crippen molar-refractivity contribution in [3.8, 4) is 17.1 Å². The van der Waals surface area contributed by atoms with Crippen LogP contribution >= 0.6 is 0 Å². The third-order valence-corrected chi connectivity index (χ3v) is 8.10. The number of carbonyl (C=O) groups excluding carboxylic acids is 1. The molecule has 1 amide bonds. The second-order valence-electron chi connectivity index (χ2n) is 11.7. The minimum atomic E-state index is -0.301. The molecule has 4 heterocycles. The zero-order chi connectivity index (χ0) is 28.5. The zero-order valence-corrected chi connectivity index (χ0v) is 24.4. The lowest BCUT2D eigenvalue weighted by Crippen LogP contribution is -2.36. The number of benzene rings is 1. The third-order valence-electron chi connectivity index (χ3n) is 8.10. The third kappa shape index (κ3) is 6.05. The first-order valence-electron chi connectivity index (χ1n) is 14.6. The van der Waals surface area contributed by atoms with Gasteiger partial charge in [-0.2, -0.15) is 10.1 Å². The van der Waals surface area contributed by atoms with Crippen molar-refractivity contribution in [2.75, 3.05) is 44.0 Å². The van der Waals surface area contributed by atoms with Crippen LogP contribution in [-0.4, -0.2) is 65.3 Å². The van der Waals surface area contributed by atoms with E-state index in [1.54, 1.807) is 23.0 Å². The Kier molecular flexibility index (Phi) is 7.62. The number of anilines is 2. The average Bonchev–Trinajstić information content (AvgIpc) is 3.65. The van der Waals surface area contributed by atoms with E-state index in [4.69, 9.17) is 9.72 Å². The first-order valence-corrected chi connectivity index (χ1v) is 14.6. The lowest BCUT2D eigenvalue weighted by molar-refractivity contribution is 0.100. The molecule has 1 N–H and O–H groups in total. The molecule has 3 aliphatic rings. The molecule has 1 saturated carbocycles. The maximum absolute atomic E-state index is 13.7. The summed E-state index contributed by atoms with van der Waals surface area (Å²) in [7, 11) is 6.05. The number of pyridine rings is 1. The van der Waals surface area contributed by atoms with Gasteiger partial charge in [0, 0.05) is 31.4 Å². The van der Waals surface area contributed by atoms with Crippen LogP contribution in [0, 0.1) is 18.8 Å². The van der Waals surface area contributed by atoms with Gasteiger partial charge in [-0.25, -0.2) is 4.68 Å².